The third kappa shape index (κ3) is 3.42. The van der Waals surface area contributed by atoms with Crippen LogP contribution in [0.15, 0.2) is 34.8 Å². The Morgan fingerprint density at radius 3 is 2.74 bits per heavy atom. The lowest BCUT2D eigenvalue weighted by Crippen LogP contribution is -1.94. The van der Waals surface area contributed by atoms with Gasteiger partial charge in [0.15, 0.2) is 0 Å². The first-order valence-corrected chi connectivity index (χ1v) is 6.39. The van der Waals surface area contributed by atoms with Gasteiger partial charge in [-0.1, -0.05) is 27.5 Å². The summed E-state index contributed by atoms with van der Waals surface area (Å²) < 4.78 is 6.43. The van der Waals surface area contributed by atoms with E-state index in [1.54, 1.807) is 12.1 Å². The first kappa shape index (κ1) is 13.8. The number of aromatic nitrogens is 1. The van der Waals surface area contributed by atoms with E-state index in [-0.39, 0.29) is 16.7 Å². The van der Waals surface area contributed by atoms with Crippen molar-refractivity contribution in [2.75, 3.05) is 0 Å². The van der Waals surface area contributed by atoms with Crippen LogP contribution in [0.1, 0.15) is 5.56 Å². The average molecular weight is 344 g/mol. The van der Waals surface area contributed by atoms with Crippen LogP contribution in [0.5, 0.6) is 11.6 Å². The molecule has 0 atom stereocenters. The monoisotopic (exact) mass is 342 g/mol. The van der Waals surface area contributed by atoms with E-state index < -0.39 is 4.92 Å². The number of nitrogens with zero attached hydrogens (tertiary/aromatic N) is 2. The molecule has 0 aliphatic carbocycles. The molecule has 2 rings (SSSR count). The molecule has 0 aliphatic heterocycles. The summed E-state index contributed by atoms with van der Waals surface area (Å²) in [4.78, 5) is 14.1. The minimum absolute atomic E-state index is 0.0129. The van der Waals surface area contributed by atoms with Crippen molar-refractivity contribution < 1.29 is 9.66 Å². The van der Waals surface area contributed by atoms with Gasteiger partial charge in [0.2, 0.25) is 5.88 Å². The van der Waals surface area contributed by atoms with Gasteiger partial charge < -0.3 is 4.74 Å². The van der Waals surface area contributed by atoms with E-state index in [9.17, 15) is 10.1 Å². The van der Waals surface area contributed by atoms with E-state index in [0.29, 0.717) is 5.75 Å². The van der Waals surface area contributed by atoms with Crippen molar-refractivity contribution in [3.8, 4) is 11.6 Å². The van der Waals surface area contributed by atoms with Crippen molar-refractivity contribution in [1.82, 2.24) is 4.98 Å². The fraction of sp³-hybridized carbons (Fsp3) is 0.0833. The van der Waals surface area contributed by atoms with Gasteiger partial charge in [-0.05, 0) is 30.7 Å². The summed E-state index contributed by atoms with van der Waals surface area (Å²) in [5.41, 5.74) is 0.712. The van der Waals surface area contributed by atoms with Crippen LogP contribution < -0.4 is 4.74 Å². The Labute approximate surface area is 122 Å². The van der Waals surface area contributed by atoms with Crippen LogP contribution in [0.2, 0.25) is 5.15 Å². The van der Waals surface area contributed by atoms with Gasteiger partial charge in [0.1, 0.15) is 10.9 Å². The molecule has 0 bridgehead atoms. The van der Waals surface area contributed by atoms with Crippen LogP contribution in [-0.2, 0) is 0 Å². The van der Waals surface area contributed by atoms with Crippen LogP contribution >= 0.6 is 27.5 Å². The SMILES string of the molecule is Cc1cc(Br)ccc1Oc1cc([N+](=O)[O-])cc(Cl)n1. The molecule has 1 heterocycles. The maximum Gasteiger partial charge on any atom is 0.277 e. The quantitative estimate of drug-likeness (QED) is 0.467. The second-order valence-corrected chi connectivity index (χ2v) is 5.06. The Balaban J connectivity index is 2.35. The minimum atomic E-state index is -0.547. The zero-order chi connectivity index (χ0) is 14.0. The van der Waals surface area contributed by atoms with E-state index in [4.69, 9.17) is 16.3 Å². The Morgan fingerprint density at radius 2 is 2.11 bits per heavy atom. The third-order valence-corrected chi connectivity index (χ3v) is 3.00. The van der Waals surface area contributed by atoms with Crippen molar-refractivity contribution in [2.24, 2.45) is 0 Å². The highest BCUT2D eigenvalue weighted by molar-refractivity contribution is 9.10. The number of ether oxygens (including phenoxy) is 1. The van der Waals surface area contributed by atoms with Gasteiger partial charge in [0.25, 0.3) is 5.69 Å². The highest BCUT2D eigenvalue weighted by atomic mass is 79.9. The Hall–Kier alpha value is -1.66. The molecule has 98 valence electrons. The molecule has 2 aromatic rings. The molecule has 0 amide bonds. The number of rotatable bonds is 3. The van der Waals surface area contributed by atoms with Crippen LogP contribution in [0.3, 0.4) is 0 Å². The summed E-state index contributed by atoms with van der Waals surface area (Å²) in [7, 11) is 0. The number of hydrogen-bond acceptors (Lipinski definition) is 4. The minimum Gasteiger partial charge on any atom is -0.438 e. The number of hydrogen-bond donors (Lipinski definition) is 0. The molecule has 0 saturated carbocycles. The molecule has 19 heavy (non-hydrogen) atoms. The number of pyridine rings is 1. The Kier molecular flexibility index (Phi) is 4.01. The summed E-state index contributed by atoms with van der Waals surface area (Å²) >= 11 is 9.06. The van der Waals surface area contributed by atoms with Crippen molar-refractivity contribution >= 4 is 33.2 Å². The van der Waals surface area contributed by atoms with Crippen molar-refractivity contribution in [3.05, 3.63) is 55.6 Å². The zero-order valence-electron chi connectivity index (χ0n) is 9.76. The summed E-state index contributed by atoms with van der Waals surface area (Å²) in [6.45, 7) is 1.86. The predicted molar refractivity (Wildman–Crippen MR) is 74.9 cm³/mol. The molecule has 0 fully saturated rings. The topological polar surface area (TPSA) is 65.3 Å². The normalized spacial score (nSPS) is 10.3. The molecule has 0 radical (unpaired) electrons. The van der Waals surface area contributed by atoms with Gasteiger partial charge in [0.05, 0.1) is 17.1 Å². The lowest BCUT2D eigenvalue weighted by molar-refractivity contribution is -0.385. The predicted octanol–water partition coefficient (Wildman–Crippen LogP) is 4.51. The third-order valence-electron chi connectivity index (χ3n) is 2.32. The Bertz CT molecular complexity index is 649. The van der Waals surface area contributed by atoms with Crippen molar-refractivity contribution in [1.29, 1.82) is 0 Å². The number of benzene rings is 1. The van der Waals surface area contributed by atoms with Gasteiger partial charge in [-0.2, -0.15) is 0 Å². The molecule has 0 unspecified atom stereocenters. The Morgan fingerprint density at radius 1 is 1.37 bits per heavy atom. The van der Waals surface area contributed by atoms with Gasteiger partial charge in [0, 0.05) is 4.47 Å². The van der Waals surface area contributed by atoms with Gasteiger partial charge in [-0.3, -0.25) is 10.1 Å². The molecule has 1 aromatic carbocycles. The van der Waals surface area contributed by atoms with Gasteiger partial charge in [-0.25, -0.2) is 4.98 Å². The zero-order valence-corrected chi connectivity index (χ0v) is 12.1. The largest absolute Gasteiger partial charge is 0.438 e. The van der Waals surface area contributed by atoms with Crippen molar-refractivity contribution in [2.45, 2.75) is 6.92 Å². The maximum absolute atomic E-state index is 10.7. The maximum atomic E-state index is 10.7. The molecular weight excluding hydrogens is 336 g/mol. The number of aryl methyl sites for hydroxylation is 1. The average Bonchev–Trinajstić information content (AvgIpc) is 2.32. The number of nitro groups is 1. The van der Waals surface area contributed by atoms with Crippen molar-refractivity contribution in [3.63, 3.8) is 0 Å². The second-order valence-electron chi connectivity index (χ2n) is 3.76. The molecule has 7 heteroatoms. The van der Waals surface area contributed by atoms with E-state index in [0.717, 1.165) is 10.0 Å². The summed E-state index contributed by atoms with van der Waals surface area (Å²) in [6.07, 6.45) is 0. The molecule has 0 N–H and O–H groups in total. The fourth-order valence-corrected chi connectivity index (χ4v) is 2.13. The lowest BCUT2D eigenvalue weighted by atomic mass is 10.2. The summed E-state index contributed by atoms with van der Waals surface area (Å²) in [6, 6.07) is 7.82. The molecule has 0 spiro atoms. The van der Waals surface area contributed by atoms with Crippen LogP contribution in [-0.4, -0.2) is 9.91 Å². The van der Waals surface area contributed by atoms with Crippen LogP contribution in [0.25, 0.3) is 0 Å². The molecule has 1 aromatic heterocycles. The first-order valence-electron chi connectivity index (χ1n) is 5.21. The smallest absolute Gasteiger partial charge is 0.277 e. The highest BCUT2D eigenvalue weighted by Gasteiger charge is 2.12. The van der Waals surface area contributed by atoms with E-state index in [1.807, 2.05) is 13.0 Å². The standard InChI is InChI=1S/C12H8BrClN2O3/c1-7-4-8(13)2-3-10(7)19-12-6-9(16(17)18)5-11(14)15-12/h2-6H,1H3. The fourth-order valence-electron chi connectivity index (χ4n) is 1.46. The summed E-state index contributed by atoms with van der Waals surface area (Å²) in [5.74, 6) is 0.650. The van der Waals surface area contributed by atoms with Crippen LogP contribution in [0, 0.1) is 17.0 Å². The first-order chi connectivity index (χ1) is 8.95. The second kappa shape index (κ2) is 5.54. The van der Waals surface area contributed by atoms with Gasteiger partial charge >= 0.3 is 0 Å². The lowest BCUT2D eigenvalue weighted by Gasteiger charge is -2.08. The molecular formula is C12H8BrClN2O3. The molecule has 0 saturated heterocycles. The van der Waals surface area contributed by atoms with E-state index in [1.165, 1.54) is 12.1 Å². The van der Waals surface area contributed by atoms with E-state index >= 15 is 0 Å². The van der Waals surface area contributed by atoms with Crippen LogP contribution in [0.4, 0.5) is 5.69 Å². The summed E-state index contributed by atoms with van der Waals surface area (Å²) in [5, 5.41) is 10.7. The number of halogens is 2. The highest BCUT2D eigenvalue weighted by Crippen LogP contribution is 2.29. The van der Waals surface area contributed by atoms with Gasteiger partial charge in [-0.15, -0.1) is 0 Å². The molecule has 0 aliphatic rings. The molecule has 5 nitrogen and oxygen atoms in total. The van der Waals surface area contributed by atoms with E-state index in [2.05, 4.69) is 20.9 Å².